The van der Waals surface area contributed by atoms with Crippen molar-refractivity contribution in [3.63, 3.8) is 0 Å². The lowest BCUT2D eigenvalue weighted by Gasteiger charge is -2.36. The predicted molar refractivity (Wildman–Crippen MR) is 188 cm³/mol. The first-order valence-electron chi connectivity index (χ1n) is 17.0. The summed E-state index contributed by atoms with van der Waals surface area (Å²) in [6.45, 7) is 11.8. The molecule has 2 fully saturated rings. The molecule has 0 unspecified atom stereocenters. The predicted octanol–water partition coefficient (Wildman–Crippen LogP) is 8.15. The van der Waals surface area contributed by atoms with E-state index in [1.807, 2.05) is 49.3 Å². The van der Waals surface area contributed by atoms with Crippen LogP contribution in [0.5, 0.6) is 0 Å². The van der Waals surface area contributed by atoms with Gasteiger partial charge in [-0.2, -0.15) is 10.5 Å². The molecule has 0 saturated carbocycles. The third-order valence-corrected chi connectivity index (χ3v) is 10.3. The molecule has 10 heteroatoms. The Labute approximate surface area is 290 Å². The van der Waals surface area contributed by atoms with E-state index in [0.29, 0.717) is 0 Å². The topological polar surface area (TPSA) is 89.7 Å². The van der Waals surface area contributed by atoms with Crippen LogP contribution in [0.15, 0.2) is 73.6 Å². The van der Waals surface area contributed by atoms with Gasteiger partial charge in [0.2, 0.25) is 0 Å². The molecule has 2 aliphatic heterocycles. The zero-order valence-electron chi connectivity index (χ0n) is 28.3. The number of piperidine rings is 2. The number of hydrogen-bond donors (Lipinski definition) is 0. The van der Waals surface area contributed by atoms with Crippen LogP contribution >= 0.6 is 0 Å². The van der Waals surface area contributed by atoms with Crippen molar-refractivity contribution in [3.8, 4) is 12.1 Å². The van der Waals surface area contributed by atoms with Crippen LogP contribution in [0.2, 0.25) is 0 Å². The number of benzene rings is 2. The summed E-state index contributed by atoms with van der Waals surface area (Å²) >= 11 is 0. The van der Waals surface area contributed by atoms with Crippen LogP contribution in [-0.4, -0.2) is 55.1 Å². The highest BCUT2D eigenvalue weighted by molar-refractivity contribution is 5.22. The van der Waals surface area contributed by atoms with Crippen LogP contribution in [0.25, 0.3) is 0 Å². The van der Waals surface area contributed by atoms with Gasteiger partial charge in [-0.3, -0.25) is 9.80 Å². The summed E-state index contributed by atoms with van der Waals surface area (Å²) in [5.41, 5.74) is 4.29. The van der Waals surface area contributed by atoms with Gasteiger partial charge < -0.3 is 9.13 Å². The van der Waals surface area contributed by atoms with Crippen molar-refractivity contribution in [1.29, 1.82) is 10.5 Å². The molecule has 49 heavy (non-hydrogen) atoms. The van der Waals surface area contributed by atoms with Gasteiger partial charge >= 0.3 is 0 Å². The van der Waals surface area contributed by atoms with Crippen LogP contribution in [0.4, 0.5) is 8.78 Å². The lowest BCUT2D eigenvalue weighted by atomic mass is 9.77. The first kappa shape index (κ1) is 37.4. The normalized spacial score (nSPS) is 17.9. The molecule has 0 N–H and O–H groups in total. The molecule has 0 bridgehead atoms. The van der Waals surface area contributed by atoms with E-state index < -0.39 is 0 Å². The highest BCUT2D eigenvalue weighted by Gasteiger charge is 2.33. The van der Waals surface area contributed by atoms with Crippen molar-refractivity contribution in [2.24, 2.45) is 11.3 Å². The van der Waals surface area contributed by atoms with Gasteiger partial charge in [0.25, 0.3) is 0 Å². The number of hydrogen-bond acceptors (Lipinski definition) is 6. The fourth-order valence-electron chi connectivity index (χ4n) is 6.77. The molecule has 0 aliphatic carbocycles. The number of aromatic nitrogens is 4. The second-order valence-corrected chi connectivity index (χ2v) is 13.2. The molecule has 2 atom stereocenters. The summed E-state index contributed by atoms with van der Waals surface area (Å²) in [6, 6.07) is 18.4. The smallest absolute Gasteiger partial charge is 0.123 e. The molecule has 4 heterocycles. The summed E-state index contributed by atoms with van der Waals surface area (Å²) in [7, 11) is 0. The third kappa shape index (κ3) is 9.41. The molecule has 2 aromatic carbocycles. The van der Waals surface area contributed by atoms with Gasteiger partial charge in [0.1, 0.15) is 11.6 Å². The molecule has 8 nitrogen and oxygen atoms in total. The zero-order chi connectivity index (χ0) is 34.1. The zero-order valence-corrected chi connectivity index (χ0v) is 28.3. The molecule has 6 rings (SSSR count). The summed E-state index contributed by atoms with van der Waals surface area (Å²) in [6.07, 6.45) is 12.2. The van der Waals surface area contributed by atoms with Gasteiger partial charge in [0.05, 0.1) is 53.7 Å². The Morgan fingerprint density at radius 2 is 1.18 bits per heavy atom. The van der Waals surface area contributed by atoms with Crippen molar-refractivity contribution < 1.29 is 8.78 Å². The number of nitriles is 2. The van der Waals surface area contributed by atoms with Crippen molar-refractivity contribution in [3.05, 3.63) is 108 Å². The fraction of sp³-hybridized carbons (Fsp3) is 0.487. The van der Waals surface area contributed by atoms with E-state index in [2.05, 4.69) is 61.8 Å². The summed E-state index contributed by atoms with van der Waals surface area (Å²) < 4.78 is 30.5. The molecule has 0 spiro atoms. The van der Waals surface area contributed by atoms with E-state index >= 15 is 0 Å². The molecular formula is C39H50F2N8. The van der Waals surface area contributed by atoms with Crippen LogP contribution in [-0.2, 0) is 13.1 Å². The van der Waals surface area contributed by atoms with Gasteiger partial charge in [0.15, 0.2) is 0 Å². The summed E-state index contributed by atoms with van der Waals surface area (Å²) in [4.78, 5) is 13.4. The molecular weight excluding hydrogens is 618 g/mol. The Morgan fingerprint density at radius 1 is 0.755 bits per heavy atom. The van der Waals surface area contributed by atoms with E-state index in [1.165, 1.54) is 24.3 Å². The minimum absolute atomic E-state index is 0. The third-order valence-electron chi connectivity index (χ3n) is 10.3. The van der Waals surface area contributed by atoms with Gasteiger partial charge in [0, 0.05) is 44.5 Å². The van der Waals surface area contributed by atoms with Gasteiger partial charge in [-0.1, -0.05) is 38.6 Å². The highest BCUT2D eigenvalue weighted by Crippen LogP contribution is 2.34. The van der Waals surface area contributed by atoms with Crippen molar-refractivity contribution >= 4 is 0 Å². The maximum absolute atomic E-state index is 13.2. The second-order valence-electron chi connectivity index (χ2n) is 13.2. The lowest BCUT2D eigenvalue weighted by molar-refractivity contribution is 0.133. The first-order valence-corrected chi connectivity index (χ1v) is 17.0. The molecule has 0 amide bonds. The summed E-state index contributed by atoms with van der Waals surface area (Å²) in [5, 5.41) is 18.4. The number of rotatable bonds is 9. The first-order chi connectivity index (χ1) is 23.2. The largest absolute Gasteiger partial charge is 0.326 e. The van der Waals surface area contributed by atoms with E-state index in [4.69, 9.17) is 5.26 Å². The standard InChI is InChI=1S/C20H25FN4.C18H21FN4.CH4/c1-3-20(14-22)8-10-24(11-9-20)13-19-12-23-15-25(19)16(2)17-4-6-18(21)7-5-17;1-14(16-2-4-17(19)5-3-16)23-13-21-11-18(23)12-22-8-6-15(10-20)7-9-22;/h4-7,12,15-16H,3,8-11,13H2,1-2H3;2-5,11,13-15H,6-9,12H2,1H3;1H4/t16-;14-;/m11./s1. The Morgan fingerprint density at radius 3 is 1.57 bits per heavy atom. The van der Waals surface area contributed by atoms with Crippen molar-refractivity contribution in [1.82, 2.24) is 28.9 Å². The lowest BCUT2D eigenvalue weighted by Crippen LogP contribution is -2.39. The summed E-state index contributed by atoms with van der Waals surface area (Å²) in [5.74, 6) is -0.228. The number of nitrogens with zero attached hydrogens (tertiary/aromatic N) is 8. The van der Waals surface area contributed by atoms with Crippen molar-refractivity contribution in [2.45, 2.75) is 85.5 Å². The molecule has 0 radical (unpaired) electrons. The van der Waals surface area contributed by atoms with E-state index in [9.17, 15) is 14.0 Å². The molecule has 2 aliphatic rings. The van der Waals surface area contributed by atoms with Crippen LogP contribution in [0.3, 0.4) is 0 Å². The molecule has 260 valence electrons. The Kier molecular flexibility index (Phi) is 13.2. The number of imidazole rings is 2. The van der Waals surface area contributed by atoms with E-state index in [1.54, 1.807) is 0 Å². The van der Waals surface area contributed by atoms with Crippen LogP contribution in [0, 0.1) is 45.6 Å². The Hall–Kier alpha value is -4.38. The van der Waals surface area contributed by atoms with E-state index in [-0.39, 0.29) is 42.5 Å². The minimum Gasteiger partial charge on any atom is -0.326 e. The number of halogens is 2. The maximum atomic E-state index is 13.2. The number of likely N-dealkylation sites (tertiary alicyclic amines) is 2. The Balaban J connectivity index is 0.000000217. The average molecular weight is 669 g/mol. The van der Waals surface area contributed by atoms with Crippen molar-refractivity contribution in [2.75, 3.05) is 26.2 Å². The van der Waals surface area contributed by atoms with E-state index in [0.717, 1.165) is 93.9 Å². The SMILES string of the molecule is C.CCC1(C#N)CCN(Cc2cncn2[C@H](C)c2ccc(F)cc2)CC1.C[C@H](c1ccc(F)cc1)n1cncc1CN1CCC(C#N)CC1. The highest BCUT2D eigenvalue weighted by atomic mass is 19.1. The van der Waals surface area contributed by atoms with Gasteiger partial charge in [-0.15, -0.1) is 0 Å². The van der Waals surface area contributed by atoms with Gasteiger partial charge in [-0.05, 0) is 94.4 Å². The molecule has 4 aromatic rings. The van der Waals surface area contributed by atoms with Gasteiger partial charge in [-0.25, -0.2) is 18.7 Å². The minimum atomic E-state index is -0.216. The van der Waals surface area contributed by atoms with Crippen LogP contribution in [0.1, 0.15) is 94.9 Å². The molecule has 2 saturated heterocycles. The quantitative estimate of drug-likeness (QED) is 0.179. The van der Waals surface area contributed by atoms with Crippen LogP contribution < -0.4 is 0 Å². The fourth-order valence-corrected chi connectivity index (χ4v) is 6.77. The second kappa shape index (κ2) is 17.3. The maximum Gasteiger partial charge on any atom is 0.123 e. The Bertz CT molecular complexity index is 1670. The molecule has 2 aromatic heterocycles. The monoisotopic (exact) mass is 668 g/mol. The average Bonchev–Trinajstić information content (AvgIpc) is 3.79.